The minimum absolute atomic E-state index is 0.00219. The van der Waals surface area contributed by atoms with E-state index in [4.69, 9.17) is 10.00 Å². The molecule has 0 heterocycles. The van der Waals surface area contributed by atoms with Crippen LogP contribution in [-0.2, 0) is 4.79 Å². The quantitative estimate of drug-likeness (QED) is 0.734. The summed E-state index contributed by atoms with van der Waals surface area (Å²) in [5.74, 6) is -2.76. The molecule has 4 nitrogen and oxygen atoms in total. The number of nitrogens with one attached hydrogen (secondary N) is 1. The number of rotatable bonds is 8. The van der Waals surface area contributed by atoms with Gasteiger partial charge >= 0.3 is 0 Å². The topological polar surface area (TPSA) is 62.1 Å². The molecule has 0 aliphatic rings. The van der Waals surface area contributed by atoms with E-state index in [0.29, 0.717) is 11.4 Å². The molecule has 1 amide bonds. The van der Waals surface area contributed by atoms with Crippen LogP contribution in [0.15, 0.2) is 18.2 Å². The van der Waals surface area contributed by atoms with Gasteiger partial charge in [0.25, 0.3) is 5.92 Å². The third-order valence-electron chi connectivity index (χ3n) is 2.92. The maximum absolute atomic E-state index is 13.2. The molecule has 1 N–H and O–H groups in total. The van der Waals surface area contributed by atoms with E-state index in [-0.39, 0.29) is 31.1 Å². The van der Waals surface area contributed by atoms with E-state index in [9.17, 15) is 13.6 Å². The molecule has 1 aromatic carbocycles. The molecule has 1 rings (SSSR count). The van der Waals surface area contributed by atoms with Crippen molar-refractivity contribution < 1.29 is 18.3 Å². The number of hydrogen-bond acceptors (Lipinski definition) is 4. The number of nitriles is 1. The zero-order chi connectivity index (χ0) is 16.6. The first-order valence-electron chi connectivity index (χ1n) is 6.80. The highest BCUT2D eigenvalue weighted by molar-refractivity contribution is 8.04. The summed E-state index contributed by atoms with van der Waals surface area (Å²) < 4.78 is 31.7. The van der Waals surface area contributed by atoms with Crippen LogP contribution in [-0.4, -0.2) is 24.2 Å². The van der Waals surface area contributed by atoms with E-state index in [0.717, 1.165) is 17.3 Å². The number of thioether (sulfide) groups is 1. The summed E-state index contributed by atoms with van der Waals surface area (Å²) in [4.78, 5) is 11.7. The average molecular weight is 328 g/mol. The molecule has 1 aromatic rings. The van der Waals surface area contributed by atoms with Crippen LogP contribution in [0.4, 0.5) is 14.5 Å². The number of nitrogens with zero attached hydrogens (tertiary/aromatic N) is 1. The highest BCUT2D eigenvalue weighted by Crippen LogP contribution is 2.28. The maximum atomic E-state index is 13.2. The predicted octanol–water partition coefficient (Wildman–Crippen LogP) is 3.96. The van der Waals surface area contributed by atoms with Gasteiger partial charge in [-0.05, 0) is 36.4 Å². The third-order valence-corrected chi connectivity index (χ3v) is 3.46. The SMILES string of the molecule is CCC(F)(F)CCOc1ccc(C)cc1NC(=O)CSC#N. The molecule has 120 valence electrons. The minimum atomic E-state index is -2.75. The van der Waals surface area contributed by atoms with Gasteiger partial charge in [-0.25, -0.2) is 8.78 Å². The van der Waals surface area contributed by atoms with Gasteiger partial charge in [0, 0.05) is 12.8 Å². The number of benzene rings is 1. The number of alkyl halides is 2. The van der Waals surface area contributed by atoms with Crippen molar-refractivity contribution in [3.8, 4) is 11.2 Å². The van der Waals surface area contributed by atoms with Crippen LogP contribution < -0.4 is 10.1 Å². The second-order valence-electron chi connectivity index (χ2n) is 4.74. The van der Waals surface area contributed by atoms with Gasteiger partial charge in [0.15, 0.2) is 0 Å². The summed E-state index contributed by atoms with van der Waals surface area (Å²) in [7, 11) is 0. The number of ether oxygens (including phenoxy) is 1. The van der Waals surface area contributed by atoms with E-state index in [1.807, 2.05) is 12.3 Å². The van der Waals surface area contributed by atoms with Gasteiger partial charge in [-0.3, -0.25) is 4.79 Å². The lowest BCUT2D eigenvalue weighted by Gasteiger charge is -2.16. The zero-order valence-electron chi connectivity index (χ0n) is 12.5. The highest BCUT2D eigenvalue weighted by atomic mass is 32.2. The molecule has 0 spiro atoms. The van der Waals surface area contributed by atoms with Crippen molar-refractivity contribution >= 4 is 23.4 Å². The molecule has 0 fully saturated rings. The normalized spacial score (nSPS) is 10.9. The van der Waals surface area contributed by atoms with E-state index in [1.165, 1.54) is 6.92 Å². The Morgan fingerprint density at radius 1 is 1.50 bits per heavy atom. The fourth-order valence-electron chi connectivity index (χ4n) is 1.64. The first-order valence-corrected chi connectivity index (χ1v) is 7.78. The minimum Gasteiger partial charge on any atom is -0.491 e. The standard InChI is InChI=1S/C15H18F2N2O2S/c1-3-15(16,17)6-7-21-13-5-4-11(2)8-12(13)19-14(20)9-22-10-18/h4-5,8H,3,6-7,9H2,1-2H3,(H,19,20). The molecule has 0 unspecified atom stereocenters. The number of carbonyl (C=O) groups excluding carboxylic acids is 1. The Morgan fingerprint density at radius 2 is 2.23 bits per heavy atom. The van der Waals surface area contributed by atoms with Crippen LogP contribution in [0.1, 0.15) is 25.3 Å². The molecule has 0 aliphatic heterocycles. The first kappa shape index (κ1) is 18.2. The first-order chi connectivity index (χ1) is 10.4. The van der Waals surface area contributed by atoms with Crippen molar-refractivity contribution in [3.05, 3.63) is 23.8 Å². The smallest absolute Gasteiger partial charge is 0.251 e. The Morgan fingerprint density at radius 3 is 2.86 bits per heavy atom. The van der Waals surface area contributed by atoms with E-state index in [2.05, 4.69) is 5.32 Å². The van der Waals surface area contributed by atoms with Gasteiger partial charge < -0.3 is 10.1 Å². The summed E-state index contributed by atoms with van der Waals surface area (Å²) in [6.45, 7) is 3.12. The van der Waals surface area contributed by atoms with Crippen LogP contribution in [0.5, 0.6) is 5.75 Å². The molecule has 0 radical (unpaired) electrons. The van der Waals surface area contributed by atoms with Crippen LogP contribution in [0.25, 0.3) is 0 Å². The number of thiocyanates is 1. The lowest BCUT2D eigenvalue weighted by Crippen LogP contribution is -2.19. The number of halogens is 2. The van der Waals surface area contributed by atoms with Crippen molar-refractivity contribution in [3.63, 3.8) is 0 Å². The molecule has 0 saturated carbocycles. The van der Waals surface area contributed by atoms with Crippen molar-refractivity contribution in [2.45, 2.75) is 32.6 Å². The van der Waals surface area contributed by atoms with Crippen molar-refractivity contribution in [2.24, 2.45) is 0 Å². The highest BCUT2D eigenvalue weighted by Gasteiger charge is 2.25. The molecule has 22 heavy (non-hydrogen) atoms. The second kappa shape index (κ2) is 8.59. The number of carbonyl (C=O) groups is 1. The molecular weight excluding hydrogens is 310 g/mol. The molecule has 0 bridgehead atoms. The molecule has 0 saturated heterocycles. The molecular formula is C15H18F2N2O2S. The zero-order valence-corrected chi connectivity index (χ0v) is 13.3. The Kier molecular flexibility index (Phi) is 7.12. The Balaban J connectivity index is 2.70. The lowest BCUT2D eigenvalue weighted by atomic mass is 10.2. The second-order valence-corrected chi connectivity index (χ2v) is 5.50. The van der Waals surface area contributed by atoms with Crippen molar-refractivity contribution in [1.29, 1.82) is 5.26 Å². The number of anilines is 1. The van der Waals surface area contributed by atoms with Crippen molar-refractivity contribution in [1.82, 2.24) is 0 Å². The van der Waals surface area contributed by atoms with Gasteiger partial charge in [-0.2, -0.15) is 5.26 Å². The maximum Gasteiger partial charge on any atom is 0.251 e. The summed E-state index contributed by atoms with van der Waals surface area (Å²) in [5.41, 5.74) is 1.32. The number of hydrogen-bond donors (Lipinski definition) is 1. The Labute approximate surface area is 132 Å². The summed E-state index contributed by atoms with van der Waals surface area (Å²) in [6.07, 6.45) is -0.617. The van der Waals surface area contributed by atoms with E-state index in [1.54, 1.807) is 18.2 Å². The van der Waals surface area contributed by atoms with Gasteiger partial charge in [0.2, 0.25) is 5.91 Å². The summed E-state index contributed by atoms with van der Waals surface area (Å²) in [6, 6.07) is 5.10. The van der Waals surface area contributed by atoms with Crippen LogP contribution in [0.3, 0.4) is 0 Å². The molecule has 0 aliphatic carbocycles. The molecule has 0 atom stereocenters. The Hall–Kier alpha value is -1.81. The fourth-order valence-corrected chi connectivity index (χ4v) is 1.91. The average Bonchev–Trinajstić information content (AvgIpc) is 2.47. The van der Waals surface area contributed by atoms with Crippen LogP contribution >= 0.6 is 11.8 Å². The third kappa shape index (κ3) is 6.31. The number of aryl methyl sites for hydroxylation is 1. The molecule has 0 aromatic heterocycles. The van der Waals surface area contributed by atoms with Gasteiger partial charge in [0.05, 0.1) is 18.0 Å². The molecule has 7 heteroatoms. The fraction of sp³-hybridized carbons (Fsp3) is 0.467. The Bertz CT molecular complexity index is 559. The van der Waals surface area contributed by atoms with Crippen LogP contribution in [0.2, 0.25) is 0 Å². The monoisotopic (exact) mass is 328 g/mol. The van der Waals surface area contributed by atoms with Gasteiger partial charge in [-0.1, -0.05) is 13.0 Å². The van der Waals surface area contributed by atoms with E-state index < -0.39 is 5.92 Å². The van der Waals surface area contributed by atoms with Gasteiger partial charge in [0.1, 0.15) is 11.2 Å². The van der Waals surface area contributed by atoms with Crippen molar-refractivity contribution in [2.75, 3.05) is 17.7 Å². The number of amides is 1. The predicted molar refractivity (Wildman–Crippen MR) is 83.2 cm³/mol. The lowest BCUT2D eigenvalue weighted by molar-refractivity contribution is -0.113. The summed E-state index contributed by atoms with van der Waals surface area (Å²) in [5, 5.41) is 12.9. The van der Waals surface area contributed by atoms with Gasteiger partial charge in [-0.15, -0.1) is 0 Å². The largest absolute Gasteiger partial charge is 0.491 e. The summed E-state index contributed by atoms with van der Waals surface area (Å²) >= 11 is 0.823. The van der Waals surface area contributed by atoms with E-state index >= 15 is 0 Å². The van der Waals surface area contributed by atoms with Crippen LogP contribution in [0, 0.1) is 17.6 Å².